The number of aryl methyl sites for hydroxylation is 1. The summed E-state index contributed by atoms with van der Waals surface area (Å²) in [7, 11) is 0. The Morgan fingerprint density at radius 2 is 1.76 bits per heavy atom. The Morgan fingerprint density at radius 3 is 2.48 bits per heavy atom. The lowest BCUT2D eigenvalue weighted by Gasteiger charge is -2.45. The van der Waals surface area contributed by atoms with Crippen LogP contribution in [0.3, 0.4) is 0 Å². The quantitative estimate of drug-likeness (QED) is 0.397. The highest BCUT2D eigenvalue weighted by atomic mass is 79.9. The molecular weight excluding hydrogens is 476 g/mol. The van der Waals surface area contributed by atoms with E-state index in [1.807, 2.05) is 42.6 Å². The van der Waals surface area contributed by atoms with Gasteiger partial charge in [0, 0.05) is 27.5 Å². The fraction of sp³-hybridized carbons (Fsp3) is 0.286. The topological polar surface area (TPSA) is 62.2 Å². The average molecular weight is 503 g/mol. The van der Waals surface area contributed by atoms with Gasteiger partial charge in [0.1, 0.15) is 5.54 Å². The second kappa shape index (κ2) is 8.79. The number of nitrogens with zero attached hydrogens (tertiary/aromatic N) is 1. The lowest BCUT2D eigenvalue weighted by Crippen LogP contribution is -2.52. The summed E-state index contributed by atoms with van der Waals surface area (Å²) in [5, 5.41) is 13.6. The molecule has 5 heteroatoms. The van der Waals surface area contributed by atoms with Gasteiger partial charge in [-0.1, -0.05) is 64.0 Å². The van der Waals surface area contributed by atoms with E-state index in [2.05, 4.69) is 62.6 Å². The number of carboxylic acids is 1. The molecule has 1 aromatic heterocycles. The summed E-state index contributed by atoms with van der Waals surface area (Å²) in [6.45, 7) is 0. The second-order valence-electron chi connectivity index (χ2n) is 9.18. The van der Waals surface area contributed by atoms with Crippen LogP contribution in [-0.2, 0) is 16.6 Å². The van der Waals surface area contributed by atoms with E-state index in [0.717, 1.165) is 41.5 Å². The van der Waals surface area contributed by atoms with Gasteiger partial charge in [0.2, 0.25) is 0 Å². The summed E-state index contributed by atoms with van der Waals surface area (Å²) in [6, 6.07) is 22.4. The second-order valence-corrected chi connectivity index (χ2v) is 10.1. The van der Waals surface area contributed by atoms with E-state index >= 15 is 0 Å². The van der Waals surface area contributed by atoms with E-state index in [-0.39, 0.29) is 5.41 Å². The SMILES string of the molecule is O=C(O)C1(Nc2cccc(Br)c2)CCC2(CC1)C(CCc1ccccn1)=Cc1ccccc12. The number of carbonyl (C=O) groups is 1. The molecule has 1 heterocycles. The van der Waals surface area contributed by atoms with Gasteiger partial charge in [-0.15, -0.1) is 0 Å². The first-order chi connectivity index (χ1) is 16.0. The summed E-state index contributed by atoms with van der Waals surface area (Å²) < 4.78 is 0.935. The van der Waals surface area contributed by atoms with Gasteiger partial charge < -0.3 is 10.4 Å². The maximum Gasteiger partial charge on any atom is 0.329 e. The molecule has 1 fully saturated rings. The number of pyridine rings is 1. The number of rotatable bonds is 6. The van der Waals surface area contributed by atoms with Gasteiger partial charge in [-0.25, -0.2) is 4.79 Å². The number of carboxylic acid groups (broad SMARTS) is 1. The lowest BCUT2D eigenvalue weighted by atomic mass is 9.61. The van der Waals surface area contributed by atoms with Crippen LogP contribution >= 0.6 is 15.9 Å². The molecule has 0 aliphatic heterocycles. The first-order valence-electron chi connectivity index (χ1n) is 11.5. The van der Waals surface area contributed by atoms with Crippen molar-refractivity contribution in [3.63, 3.8) is 0 Å². The number of benzene rings is 2. The van der Waals surface area contributed by atoms with Crippen LogP contribution in [0.5, 0.6) is 0 Å². The molecule has 0 unspecified atom stereocenters. The van der Waals surface area contributed by atoms with Crippen LogP contribution in [-0.4, -0.2) is 21.6 Å². The van der Waals surface area contributed by atoms with E-state index in [4.69, 9.17) is 0 Å². The van der Waals surface area contributed by atoms with Crippen LogP contribution in [0, 0.1) is 0 Å². The van der Waals surface area contributed by atoms with Crippen molar-refractivity contribution in [3.8, 4) is 0 Å². The minimum Gasteiger partial charge on any atom is -0.480 e. The molecular formula is C28H27BrN2O2. The first kappa shape index (κ1) is 21.9. The van der Waals surface area contributed by atoms with Crippen LogP contribution in [0.1, 0.15) is 48.9 Å². The molecule has 0 amide bonds. The number of allylic oxidation sites excluding steroid dienone is 1. The highest BCUT2D eigenvalue weighted by Gasteiger charge is 2.51. The fourth-order valence-corrected chi connectivity index (χ4v) is 6.01. The number of nitrogens with one attached hydrogen (secondary N) is 1. The molecule has 33 heavy (non-hydrogen) atoms. The standard InChI is InChI=1S/C28H27BrN2O2/c29-22-7-5-9-24(19-22)31-28(26(32)33)15-13-27(14-16-28)21(11-12-23-8-3-4-17-30-23)18-20-6-1-2-10-25(20)27/h1-10,17-19,31H,11-16H2,(H,32,33). The van der Waals surface area contributed by atoms with E-state index in [9.17, 15) is 9.90 Å². The molecule has 168 valence electrons. The van der Waals surface area contributed by atoms with Crippen molar-refractivity contribution < 1.29 is 9.90 Å². The Labute approximate surface area is 202 Å². The van der Waals surface area contributed by atoms with Gasteiger partial charge in [0.25, 0.3) is 0 Å². The minimum atomic E-state index is -0.963. The van der Waals surface area contributed by atoms with Crippen molar-refractivity contribution in [1.29, 1.82) is 0 Å². The normalized spacial score (nSPS) is 23.7. The maximum absolute atomic E-state index is 12.5. The zero-order chi connectivity index (χ0) is 22.9. The lowest BCUT2D eigenvalue weighted by molar-refractivity contribution is -0.143. The molecule has 0 radical (unpaired) electrons. The zero-order valence-electron chi connectivity index (χ0n) is 18.4. The van der Waals surface area contributed by atoms with Crippen molar-refractivity contribution in [1.82, 2.24) is 4.98 Å². The Bertz CT molecular complexity index is 1200. The highest BCUT2D eigenvalue weighted by molar-refractivity contribution is 9.10. The van der Waals surface area contributed by atoms with Crippen LogP contribution in [0.4, 0.5) is 5.69 Å². The summed E-state index contributed by atoms with van der Waals surface area (Å²) in [5.41, 5.74) is 4.91. The Kier molecular flexibility index (Phi) is 5.83. The molecule has 3 aromatic rings. The van der Waals surface area contributed by atoms with Gasteiger partial charge in [-0.2, -0.15) is 0 Å². The van der Waals surface area contributed by atoms with Crippen LogP contribution < -0.4 is 5.32 Å². The number of hydrogen-bond donors (Lipinski definition) is 2. The third kappa shape index (κ3) is 4.10. The number of aromatic nitrogens is 1. The van der Waals surface area contributed by atoms with Gasteiger partial charge in [-0.3, -0.25) is 4.98 Å². The van der Waals surface area contributed by atoms with Gasteiger partial charge in [-0.05, 0) is 80.0 Å². The molecule has 1 spiro atoms. The van der Waals surface area contributed by atoms with Crippen LogP contribution in [0.25, 0.3) is 6.08 Å². The Hall–Kier alpha value is -2.92. The van der Waals surface area contributed by atoms with Crippen LogP contribution in [0.15, 0.2) is 83.0 Å². The summed E-state index contributed by atoms with van der Waals surface area (Å²) in [4.78, 5) is 17.0. The summed E-state index contributed by atoms with van der Waals surface area (Å²) >= 11 is 3.49. The maximum atomic E-state index is 12.5. The van der Waals surface area contributed by atoms with Crippen LogP contribution in [0.2, 0.25) is 0 Å². The molecule has 2 aromatic carbocycles. The molecule has 0 atom stereocenters. The summed E-state index contributed by atoms with van der Waals surface area (Å²) in [6.07, 6.45) is 8.78. The Morgan fingerprint density at radius 1 is 0.970 bits per heavy atom. The summed E-state index contributed by atoms with van der Waals surface area (Å²) in [5.74, 6) is -0.775. The van der Waals surface area contributed by atoms with Gasteiger partial charge in [0.05, 0.1) is 0 Å². The molecule has 5 rings (SSSR count). The van der Waals surface area contributed by atoms with E-state index in [1.54, 1.807) is 0 Å². The molecule has 1 saturated carbocycles. The first-order valence-corrected chi connectivity index (χ1v) is 12.3. The number of hydrogen-bond acceptors (Lipinski definition) is 3. The molecule has 0 saturated heterocycles. The molecule has 2 aliphatic carbocycles. The predicted molar refractivity (Wildman–Crippen MR) is 135 cm³/mol. The van der Waals surface area contributed by atoms with Gasteiger partial charge in [0.15, 0.2) is 0 Å². The van der Waals surface area contributed by atoms with E-state index in [1.165, 1.54) is 16.7 Å². The van der Waals surface area contributed by atoms with Crippen molar-refractivity contribution >= 4 is 33.7 Å². The van der Waals surface area contributed by atoms with Crippen molar-refractivity contribution in [2.45, 2.75) is 49.5 Å². The number of anilines is 1. The van der Waals surface area contributed by atoms with Crippen molar-refractivity contribution in [3.05, 3.63) is 99.8 Å². The number of halogens is 1. The number of aliphatic carboxylic acids is 1. The van der Waals surface area contributed by atoms with E-state index < -0.39 is 11.5 Å². The molecule has 0 bridgehead atoms. The van der Waals surface area contributed by atoms with Crippen molar-refractivity contribution in [2.75, 3.05) is 5.32 Å². The third-order valence-electron chi connectivity index (χ3n) is 7.37. The monoisotopic (exact) mass is 502 g/mol. The van der Waals surface area contributed by atoms with Gasteiger partial charge >= 0.3 is 5.97 Å². The fourth-order valence-electron chi connectivity index (χ4n) is 5.61. The molecule has 2 N–H and O–H groups in total. The zero-order valence-corrected chi connectivity index (χ0v) is 20.0. The minimum absolute atomic E-state index is 0.0940. The molecule has 2 aliphatic rings. The Balaban J connectivity index is 1.42. The number of fused-ring (bicyclic) bond motifs is 2. The van der Waals surface area contributed by atoms with Crippen molar-refractivity contribution in [2.24, 2.45) is 0 Å². The predicted octanol–water partition coefficient (Wildman–Crippen LogP) is 6.62. The third-order valence-corrected chi connectivity index (χ3v) is 7.87. The smallest absolute Gasteiger partial charge is 0.329 e. The highest BCUT2D eigenvalue weighted by Crippen LogP contribution is 2.54. The molecule has 4 nitrogen and oxygen atoms in total. The average Bonchev–Trinajstić information content (AvgIpc) is 3.13. The largest absolute Gasteiger partial charge is 0.480 e. The van der Waals surface area contributed by atoms with E-state index in [0.29, 0.717) is 12.8 Å².